The van der Waals surface area contributed by atoms with E-state index in [0.29, 0.717) is 87.3 Å². The van der Waals surface area contributed by atoms with Gasteiger partial charge in [-0.2, -0.15) is 13.2 Å². The Morgan fingerprint density at radius 1 is 0.712 bits per heavy atom. The van der Waals surface area contributed by atoms with E-state index in [9.17, 15) is 27.6 Å². The minimum absolute atomic E-state index is 0.0989. The Bertz CT molecular complexity index is 1940. The second-order valence-electron chi connectivity index (χ2n) is 13.2. The van der Waals surface area contributed by atoms with Gasteiger partial charge >= 0.3 is 12.1 Å². The number of carbonyl (C=O) groups is 3. The van der Waals surface area contributed by atoms with Crippen LogP contribution in [-0.4, -0.2) is 95.8 Å². The number of nitrogens with one attached hydrogen (secondary N) is 2. The lowest BCUT2D eigenvalue weighted by Crippen LogP contribution is -2.23. The average molecular weight is 823 g/mol. The van der Waals surface area contributed by atoms with Crippen molar-refractivity contribution in [2.75, 3.05) is 83.3 Å². The lowest BCUT2D eigenvalue weighted by Gasteiger charge is -2.23. The minimum atomic E-state index is -4.49. The van der Waals surface area contributed by atoms with E-state index < -0.39 is 17.6 Å². The maximum atomic E-state index is 13.7. The van der Waals surface area contributed by atoms with Crippen LogP contribution in [0.4, 0.5) is 24.5 Å². The van der Waals surface area contributed by atoms with Crippen LogP contribution in [0.5, 0.6) is 0 Å². The highest BCUT2D eigenvalue weighted by Gasteiger charge is 2.30. The van der Waals surface area contributed by atoms with E-state index >= 15 is 0 Å². The molecule has 0 spiro atoms. The summed E-state index contributed by atoms with van der Waals surface area (Å²) in [6.07, 6.45) is -1.35. The van der Waals surface area contributed by atoms with E-state index in [0.717, 1.165) is 42.9 Å². The lowest BCUT2D eigenvalue weighted by atomic mass is 10.0. The summed E-state index contributed by atoms with van der Waals surface area (Å²) in [7, 11) is 1.34. The van der Waals surface area contributed by atoms with Crippen LogP contribution in [0.15, 0.2) is 85.1 Å². The molecular formula is C44H53F3N4O8. The number of hydrogen-bond acceptors (Lipinski definition) is 10. The van der Waals surface area contributed by atoms with Gasteiger partial charge in [-0.25, -0.2) is 0 Å². The van der Waals surface area contributed by atoms with Gasteiger partial charge in [-0.1, -0.05) is 24.3 Å². The van der Waals surface area contributed by atoms with Crippen molar-refractivity contribution < 1.29 is 51.2 Å². The van der Waals surface area contributed by atoms with Gasteiger partial charge in [0, 0.05) is 54.8 Å². The van der Waals surface area contributed by atoms with Gasteiger partial charge in [0.2, 0.25) is 0 Å². The van der Waals surface area contributed by atoms with Gasteiger partial charge in [-0.05, 0) is 92.4 Å². The van der Waals surface area contributed by atoms with Gasteiger partial charge < -0.3 is 39.2 Å². The molecule has 318 valence electrons. The summed E-state index contributed by atoms with van der Waals surface area (Å²) >= 11 is 0. The number of rotatable bonds is 25. The standard InChI is InChI=1S/C44H53F3N4O8/c1-4-51(5-2)37-14-15-39(38(30-37)40-29-35(16-18-48-40)42(53)49-31-33-10-7-13-36(28-33)44(45,46)47)50-43(54)34-12-6-9-32(27-34)11-8-19-56-21-23-58-25-26-59-24-22-57-20-17-41(52)55-3/h6-7,9-10,12-16,18,27-30H,4-5,8,11,17,19-26,31H2,1-3H3,(H,49,53)(H,50,54). The van der Waals surface area contributed by atoms with Crippen molar-refractivity contribution >= 4 is 29.2 Å². The molecule has 0 atom stereocenters. The van der Waals surface area contributed by atoms with Gasteiger partial charge in [-0.15, -0.1) is 0 Å². The molecule has 0 unspecified atom stereocenters. The average Bonchev–Trinajstić information content (AvgIpc) is 3.24. The summed E-state index contributed by atoms with van der Waals surface area (Å²) in [5, 5.41) is 5.73. The number of benzene rings is 3. The summed E-state index contributed by atoms with van der Waals surface area (Å²) in [6.45, 7) is 8.81. The second-order valence-corrected chi connectivity index (χ2v) is 13.2. The van der Waals surface area contributed by atoms with E-state index in [1.807, 2.05) is 50.2 Å². The quantitative estimate of drug-likeness (QED) is 0.0516. The van der Waals surface area contributed by atoms with Crippen molar-refractivity contribution in [2.24, 2.45) is 0 Å². The number of ether oxygens (including phenoxy) is 5. The maximum Gasteiger partial charge on any atom is 0.416 e. The number of aryl methyl sites for hydroxylation is 1. The number of alkyl halides is 3. The first-order valence-corrected chi connectivity index (χ1v) is 19.6. The number of esters is 1. The molecule has 0 radical (unpaired) electrons. The lowest BCUT2D eigenvalue weighted by molar-refractivity contribution is -0.142. The molecule has 15 heteroatoms. The Labute approximate surface area is 343 Å². The molecule has 1 heterocycles. The normalized spacial score (nSPS) is 11.3. The smallest absolute Gasteiger partial charge is 0.416 e. The highest BCUT2D eigenvalue weighted by Crippen LogP contribution is 2.33. The largest absolute Gasteiger partial charge is 0.469 e. The van der Waals surface area contributed by atoms with Crippen molar-refractivity contribution in [3.8, 4) is 11.3 Å². The van der Waals surface area contributed by atoms with Crippen LogP contribution in [0.25, 0.3) is 11.3 Å². The van der Waals surface area contributed by atoms with Crippen LogP contribution in [0.2, 0.25) is 0 Å². The van der Waals surface area contributed by atoms with Crippen LogP contribution in [0.1, 0.15) is 64.1 Å². The van der Waals surface area contributed by atoms with Gasteiger partial charge in [0.15, 0.2) is 0 Å². The Morgan fingerprint density at radius 3 is 2.03 bits per heavy atom. The monoisotopic (exact) mass is 822 g/mol. The number of amides is 2. The molecule has 12 nitrogen and oxygen atoms in total. The van der Waals surface area contributed by atoms with E-state index in [1.165, 1.54) is 31.5 Å². The zero-order valence-corrected chi connectivity index (χ0v) is 33.8. The van der Waals surface area contributed by atoms with Gasteiger partial charge in [0.1, 0.15) is 0 Å². The van der Waals surface area contributed by atoms with Crippen LogP contribution < -0.4 is 15.5 Å². The van der Waals surface area contributed by atoms with Crippen LogP contribution >= 0.6 is 0 Å². The summed E-state index contributed by atoms with van der Waals surface area (Å²) < 4.78 is 66.1. The molecular weight excluding hydrogens is 769 g/mol. The highest BCUT2D eigenvalue weighted by molar-refractivity contribution is 6.06. The summed E-state index contributed by atoms with van der Waals surface area (Å²) in [4.78, 5) is 44.6. The molecule has 0 aliphatic rings. The number of hydrogen-bond donors (Lipinski definition) is 2. The van der Waals surface area contributed by atoms with Crippen molar-refractivity contribution in [1.82, 2.24) is 10.3 Å². The summed E-state index contributed by atoms with van der Waals surface area (Å²) in [5.74, 6) is -1.11. The number of methoxy groups -OCH3 is 1. The number of pyridine rings is 1. The highest BCUT2D eigenvalue weighted by atomic mass is 19.4. The molecule has 0 aliphatic carbocycles. The molecule has 0 fully saturated rings. The zero-order chi connectivity index (χ0) is 42.5. The van der Waals surface area contributed by atoms with Crippen molar-refractivity contribution in [3.05, 3.63) is 113 Å². The molecule has 2 amide bonds. The Balaban J connectivity index is 1.29. The van der Waals surface area contributed by atoms with Crippen molar-refractivity contribution in [1.29, 1.82) is 0 Å². The third kappa shape index (κ3) is 15.7. The minimum Gasteiger partial charge on any atom is -0.469 e. The zero-order valence-electron chi connectivity index (χ0n) is 33.8. The number of halogens is 3. The van der Waals surface area contributed by atoms with E-state index in [-0.39, 0.29) is 30.4 Å². The number of carbonyl (C=O) groups excluding carboxylic acids is 3. The molecule has 3 aromatic carbocycles. The van der Waals surface area contributed by atoms with E-state index in [1.54, 1.807) is 12.1 Å². The van der Waals surface area contributed by atoms with Crippen LogP contribution in [-0.2, 0) is 47.6 Å². The maximum absolute atomic E-state index is 13.7. The van der Waals surface area contributed by atoms with E-state index in [4.69, 9.17) is 18.9 Å². The van der Waals surface area contributed by atoms with Crippen LogP contribution in [0, 0.1) is 0 Å². The SMILES string of the molecule is CCN(CC)c1ccc(NC(=O)c2cccc(CCCOCCOCCOCCOCCC(=O)OC)c2)c(-c2cc(C(=O)NCc3cccc(C(F)(F)F)c3)ccn2)c1. The first-order chi connectivity index (χ1) is 28.5. The molecule has 59 heavy (non-hydrogen) atoms. The first kappa shape index (κ1) is 46.3. The van der Waals surface area contributed by atoms with E-state index in [2.05, 4.69) is 25.3 Å². The number of nitrogens with zero attached hydrogens (tertiary/aromatic N) is 2. The third-order valence-electron chi connectivity index (χ3n) is 9.12. The third-order valence-corrected chi connectivity index (χ3v) is 9.12. The predicted octanol–water partition coefficient (Wildman–Crippen LogP) is 7.36. The van der Waals surface area contributed by atoms with Gasteiger partial charge in [-0.3, -0.25) is 19.4 Å². The number of aromatic nitrogens is 1. The molecule has 0 bridgehead atoms. The van der Waals surface area contributed by atoms with Crippen molar-refractivity contribution in [2.45, 2.75) is 45.8 Å². The fourth-order valence-electron chi connectivity index (χ4n) is 5.96. The van der Waals surface area contributed by atoms with Crippen LogP contribution in [0.3, 0.4) is 0 Å². The topological polar surface area (TPSA) is 138 Å². The molecule has 4 aromatic rings. The molecule has 1 aromatic heterocycles. The fraction of sp³-hybridized carbons (Fsp3) is 0.409. The number of anilines is 2. The van der Waals surface area contributed by atoms with Gasteiger partial charge in [0.05, 0.1) is 76.7 Å². The van der Waals surface area contributed by atoms with Crippen molar-refractivity contribution in [3.63, 3.8) is 0 Å². The molecule has 0 saturated heterocycles. The molecule has 4 rings (SSSR count). The second kappa shape index (κ2) is 24.5. The Hall–Kier alpha value is -5.35. The Morgan fingerprint density at radius 2 is 1.36 bits per heavy atom. The summed E-state index contributed by atoms with van der Waals surface area (Å²) in [6, 6.07) is 21.0. The molecule has 0 aliphatic heterocycles. The predicted molar refractivity (Wildman–Crippen MR) is 218 cm³/mol. The Kier molecular flexibility index (Phi) is 19.3. The fourth-order valence-corrected chi connectivity index (χ4v) is 5.96. The molecule has 0 saturated carbocycles. The first-order valence-electron chi connectivity index (χ1n) is 19.6. The summed E-state index contributed by atoms with van der Waals surface area (Å²) in [5.41, 5.74) is 3.66. The van der Waals surface area contributed by atoms with Gasteiger partial charge in [0.25, 0.3) is 11.8 Å². The molecule has 2 N–H and O–H groups in total.